The molecule has 98 valence electrons. The van der Waals surface area contributed by atoms with Gasteiger partial charge in [0.15, 0.2) is 0 Å². The quantitative estimate of drug-likeness (QED) is 0.792. The summed E-state index contributed by atoms with van der Waals surface area (Å²) < 4.78 is 0. The number of rotatable bonds is 4. The third-order valence-corrected chi connectivity index (χ3v) is 5.12. The molecule has 3 N–H and O–H groups in total. The zero-order chi connectivity index (χ0) is 12.5. The van der Waals surface area contributed by atoms with Crippen LogP contribution in [0.5, 0.6) is 0 Å². The molecule has 0 spiro atoms. The van der Waals surface area contributed by atoms with E-state index in [2.05, 4.69) is 6.92 Å². The van der Waals surface area contributed by atoms with Crippen molar-refractivity contribution >= 4 is 5.97 Å². The molecule has 0 saturated heterocycles. The summed E-state index contributed by atoms with van der Waals surface area (Å²) >= 11 is 0. The molecule has 3 atom stereocenters. The van der Waals surface area contributed by atoms with E-state index in [-0.39, 0.29) is 11.8 Å². The van der Waals surface area contributed by atoms with Gasteiger partial charge in [0.05, 0.1) is 6.42 Å². The van der Waals surface area contributed by atoms with E-state index in [0.29, 0.717) is 12.5 Å². The zero-order valence-corrected chi connectivity index (χ0v) is 10.8. The van der Waals surface area contributed by atoms with Crippen LogP contribution in [0, 0.1) is 23.2 Å². The first-order valence-electron chi connectivity index (χ1n) is 6.98. The average molecular weight is 239 g/mol. The van der Waals surface area contributed by atoms with Gasteiger partial charge < -0.3 is 10.8 Å². The molecule has 2 aliphatic carbocycles. The molecule has 3 heteroatoms. The molecule has 0 bridgehead atoms. The molecule has 0 heterocycles. The summed E-state index contributed by atoms with van der Waals surface area (Å²) in [6.45, 7) is 2.83. The summed E-state index contributed by atoms with van der Waals surface area (Å²) in [5.74, 6) is 1.53. The van der Waals surface area contributed by atoms with E-state index >= 15 is 0 Å². The van der Waals surface area contributed by atoms with E-state index in [0.717, 1.165) is 24.7 Å². The van der Waals surface area contributed by atoms with E-state index < -0.39 is 5.97 Å². The van der Waals surface area contributed by atoms with Crippen molar-refractivity contribution in [3.05, 3.63) is 0 Å². The second-order valence-corrected chi connectivity index (χ2v) is 6.37. The molecule has 17 heavy (non-hydrogen) atoms. The fourth-order valence-corrected chi connectivity index (χ4v) is 4.34. The normalized spacial score (nSPS) is 38.7. The van der Waals surface area contributed by atoms with Crippen molar-refractivity contribution in [3.63, 3.8) is 0 Å². The summed E-state index contributed by atoms with van der Waals surface area (Å²) in [6.07, 6.45) is 7.74. The Balaban J connectivity index is 2.05. The highest BCUT2D eigenvalue weighted by Crippen LogP contribution is 2.52. The largest absolute Gasteiger partial charge is 0.481 e. The summed E-state index contributed by atoms with van der Waals surface area (Å²) in [6, 6.07) is 0. The number of carbonyl (C=O) groups is 1. The molecule has 3 nitrogen and oxygen atoms in total. The van der Waals surface area contributed by atoms with Crippen molar-refractivity contribution in [2.45, 2.75) is 51.9 Å². The van der Waals surface area contributed by atoms with E-state index in [9.17, 15) is 4.79 Å². The predicted octanol–water partition coefficient (Wildman–Crippen LogP) is 2.64. The Morgan fingerprint density at radius 2 is 2.00 bits per heavy atom. The summed E-state index contributed by atoms with van der Waals surface area (Å²) in [5, 5.41) is 9.05. The third kappa shape index (κ3) is 2.65. The Morgan fingerprint density at radius 1 is 1.35 bits per heavy atom. The molecule has 0 aromatic heterocycles. The molecular formula is C14H25NO2. The van der Waals surface area contributed by atoms with Gasteiger partial charge >= 0.3 is 5.97 Å². The van der Waals surface area contributed by atoms with Gasteiger partial charge in [0, 0.05) is 0 Å². The maximum atomic E-state index is 11.0. The lowest BCUT2D eigenvalue weighted by molar-refractivity contribution is -0.139. The van der Waals surface area contributed by atoms with Gasteiger partial charge in [0.2, 0.25) is 0 Å². The number of carboxylic acids is 1. The maximum Gasteiger partial charge on any atom is 0.303 e. The van der Waals surface area contributed by atoms with Crippen LogP contribution in [0.1, 0.15) is 51.9 Å². The molecule has 2 rings (SSSR count). The van der Waals surface area contributed by atoms with Gasteiger partial charge in [-0.1, -0.05) is 32.6 Å². The Hall–Kier alpha value is -0.570. The van der Waals surface area contributed by atoms with Crippen molar-refractivity contribution in [1.82, 2.24) is 0 Å². The smallest absolute Gasteiger partial charge is 0.303 e. The number of aliphatic carboxylic acids is 1. The summed E-state index contributed by atoms with van der Waals surface area (Å²) in [5.41, 5.74) is 5.76. The van der Waals surface area contributed by atoms with Crippen LogP contribution in [0.2, 0.25) is 0 Å². The molecule has 0 aromatic carbocycles. The lowest BCUT2D eigenvalue weighted by Crippen LogP contribution is -2.31. The zero-order valence-electron chi connectivity index (χ0n) is 10.8. The lowest BCUT2D eigenvalue weighted by Gasteiger charge is -2.27. The SMILES string of the molecule is CC1CC(CN)(CC(=O)O)CC1C1CCCC1. The standard InChI is InChI=1S/C14H25NO2/c1-10-6-14(9-15,8-13(16)17)7-12(10)11-4-2-3-5-11/h10-12H,2-9,15H2,1H3,(H,16,17). The van der Waals surface area contributed by atoms with Crippen molar-refractivity contribution in [2.75, 3.05) is 6.54 Å². The van der Waals surface area contributed by atoms with Crippen molar-refractivity contribution < 1.29 is 9.90 Å². The highest BCUT2D eigenvalue weighted by Gasteiger charge is 2.46. The second-order valence-electron chi connectivity index (χ2n) is 6.37. The number of carboxylic acid groups (broad SMARTS) is 1. The van der Waals surface area contributed by atoms with Gasteiger partial charge in [-0.2, -0.15) is 0 Å². The Labute approximate surface area is 104 Å². The van der Waals surface area contributed by atoms with E-state index in [1.165, 1.54) is 25.7 Å². The van der Waals surface area contributed by atoms with Crippen LogP contribution >= 0.6 is 0 Å². The number of hydrogen-bond acceptors (Lipinski definition) is 2. The van der Waals surface area contributed by atoms with Gasteiger partial charge in [-0.25, -0.2) is 0 Å². The monoisotopic (exact) mass is 239 g/mol. The molecule has 2 saturated carbocycles. The second kappa shape index (κ2) is 4.97. The van der Waals surface area contributed by atoms with E-state index in [1.807, 2.05) is 0 Å². The minimum absolute atomic E-state index is 0.113. The van der Waals surface area contributed by atoms with E-state index in [4.69, 9.17) is 10.8 Å². The van der Waals surface area contributed by atoms with Crippen LogP contribution in [0.4, 0.5) is 0 Å². The molecular weight excluding hydrogens is 214 g/mol. The first kappa shape index (κ1) is 12.9. The van der Waals surface area contributed by atoms with Crippen LogP contribution in [0.3, 0.4) is 0 Å². The molecule has 0 amide bonds. The van der Waals surface area contributed by atoms with Crippen LogP contribution in [-0.2, 0) is 4.79 Å². The van der Waals surface area contributed by atoms with Crippen LogP contribution < -0.4 is 5.73 Å². The molecule has 0 aromatic rings. The predicted molar refractivity (Wildman–Crippen MR) is 67.6 cm³/mol. The van der Waals surface area contributed by atoms with Crippen LogP contribution in [0.15, 0.2) is 0 Å². The first-order valence-corrected chi connectivity index (χ1v) is 6.98. The fourth-order valence-electron chi connectivity index (χ4n) is 4.34. The molecule has 3 unspecified atom stereocenters. The Bertz CT molecular complexity index is 286. The van der Waals surface area contributed by atoms with E-state index in [1.54, 1.807) is 0 Å². The van der Waals surface area contributed by atoms with Gasteiger partial charge in [-0.3, -0.25) is 4.79 Å². The molecule has 2 fully saturated rings. The Kier molecular flexibility index (Phi) is 3.76. The van der Waals surface area contributed by atoms with Gasteiger partial charge in [0.25, 0.3) is 0 Å². The topological polar surface area (TPSA) is 63.3 Å². The third-order valence-electron chi connectivity index (χ3n) is 5.12. The molecule has 0 aliphatic heterocycles. The van der Waals surface area contributed by atoms with Crippen molar-refractivity contribution in [2.24, 2.45) is 28.9 Å². The Morgan fingerprint density at radius 3 is 2.53 bits per heavy atom. The fraction of sp³-hybridized carbons (Fsp3) is 0.929. The first-order chi connectivity index (χ1) is 8.06. The van der Waals surface area contributed by atoms with Gasteiger partial charge in [-0.05, 0) is 42.6 Å². The maximum absolute atomic E-state index is 11.0. The lowest BCUT2D eigenvalue weighted by atomic mass is 9.79. The number of hydrogen-bond donors (Lipinski definition) is 2. The van der Waals surface area contributed by atoms with Crippen LogP contribution in [-0.4, -0.2) is 17.6 Å². The summed E-state index contributed by atoms with van der Waals surface area (Å²) in [4.78, 5) is 11.0. The minimum Gasteiger partial charge on any atom is -0.481 e. The van der Waals surface area contributed by atoms with Crippen molar-refractivity contribution in [3.8, 4) is 0 Å². The average Bonchev–Trinajstić information content (AvgIpc) is 2.85. The highest BCUT2D eigenvalue weighted by molar-refractivity contribution is 5.67. The van der Waals surface area contributed by atoms with Gasteiger partial charge in [-0.15, -0.1) is 0 Å². The van der Waals surface area contributed by atoms with Crippen molar-refractivity contribution in [1.29, 1.82) is 0 Å². The molecule has 0 radical (unpaired) electrons. The number of nitrogens with two attached hydrogens (primary N) is 1. The molecule has 2 aliphatic rings. The van der Waals surface area contributed by atoms with Crippen LogP contribution in [0.25, 0.3) is 0 Å². The minimum atomic E-state index is -0.685. The highest BCUT2D eigenvalue weighted by atomic mass is 16.4. The van der Waals surface area contributed by atoms with Gasteiger partial charge in [0.1, 0.15) is 0 Å². The summed E-state index contributed by atoms with van der Waals surface area (Å²) in [7, 11) is 0.